The molecule has 14 heavy (non-hydrogen) atoms. The molecule has 0 fully saturated rings. The summed E-state index contributed by atoms with van der Waals surface area (Å²) < 4.78 is 37.9. The summed E-state index contributed by atoms with van der Waals surface area (Å²) in [5.74, 6) is -2.40. The summed E-state index contributed by atoms with van der Waals surface area (Å²) in [5.41, 5.74) is 4.80. The van der Waals surface area contributed by atoms with Crippen LogP contribution in [0.5, 0.6) is 0 Å². The van der Waals surface area contributed by atoms with E-state index in [-0.39, 0.29) is 17.1 Å². The third kappa shape index (κ3) is 2.16. The lowest BCUT2D eigenvalue weighted by molar-refractivity contribution is 0.115. The Morgan fingerprint density at radius 1 is 1.50 bits per heavy atom. The van der Waals surface area contributed by atoms with E-state index in [0.717, 1.165) is 6.20 Å². The molecule has 0 aromatic carbocycles. The average molecular weight is 225 g/mol. The van der Waals surface area contributed by atoms with Gasteiger partial charge in [-0.25, -0.2) is 13.8 Å². The fourth-order valence-corrected chi connectivity index (χ4v) is 1.38. The van der Waals surface area contributed by atoms with Gasteiger partial charge in [0.25, 0.3) is 0 Å². The second-order valence-electron chi connectivity index (χ2n) is 2.67. The Morgan fingerprint density at radius 3 is 2.57 bits per heavy atom. The summed E-state index contributed by atoms with van der Waals surface area (Å²) in [7, 11) is 0. The molecule has 0 bridgehead atoms. The lowest BCUT2D eigenvalue weighted by Gasteiger charge is -2.15. The molecular formula is C8H8ClF3N2. The van der Waals surface area contributed by atoms with Crippen LogP contribution < -0.4 is 5.73 Å². The number of pyridine rings is 1. The van der Waals surface area contributed by atoms with Gasteiger partial charge in [0, 0.05) is 18.3 Å². The van der Waals surface area contributed by atoms with Gasteiger partial charge in [-0.3, -0.25) is 0 Å². The molecule has 0 radical (unpaired) electrons. The van der Waals surface area contributed by atoms with Gasteiger partial charge >= 0.3 is 0 Å². The first-order valence-electron chi connectivity index (χ1n) is 3.86. The fourth-order valence-electron chi connectivity index (χ4n) is 1.10. The molecule has 0 aliphatic rings. The number of halogens is 4. The van der Waals surface area contributed by atoms with Crippen molar-refractivity contribution < 1.29 is 13.2 Å². The number of alkyl halides is 2. The molecule has 2 N–H and O–H groups in total. The van der Waals surface area contributed by atoms with Gasteiger partial charge in [-0.05, 0) is 6.07 Å². The minimum Gasteiger partial charge on any atom is -0.330 e. The van der Waals surface area contributed by atoms with Crippen LogP contribution in [0, 0.1) is 5.95 Å². The smallest absolute Gasteiger partial charge is 0.246 e. The number of hydrogen-bond acceptors (Lipinski definition) is 2. The SMILES string of the molecule is NCC(c1c(Cl)ccnc1F)C(F)F. The highest BCUT2D eigenvalue weighted by molar-refractivity contribution is 6.31. The maximum atomic E-state index is 13.1. The maximum Gasteiger partial charge on any atom is 0.246 e. The van der Waals surface area contributed by atoms with Crippen molar-refractivity contribution in [2.75, 3.05) is 6.54 Å². The Bertz CT molecular complexity index is 299. The van der Waals surface area contributed by atoms with E-state index in [1.54, 1.807) is 0 Å². The third-order valence-electron chi connectivity index (χ3n) is 1.82. The van der Waals surface area contributed by atoms with Crippen molar-refractivity contribution in [3.63, 3.8) is 0 Å². The monoisotopic (exact) mass is 224 g/mol. The number of rotatable bonds is 3. The van der Waals surface area contributed by atoms with Crippen LogP contribution in [0.4, 0.5) is 13.2 Å². The Balaban J connectivity index is 3.15. The van der Waals surface area contributed by atoms with Crippen LogP contribution in [-0.2, 0) is 0 Å². The minimum atomic E-state index is -2.75. The summed E-state index contributed by atoms with van der Waals surface area (Å²) in [4.78, 5) is 3.25. The molecule has 1 aromatic rings. The van der Waals surface area contributed by atoms with E-state index in [2.05, 4.69) is 4.98 Å². The lowest BCUT2D eigenvalue weighted by Crippen LogP contribution is -2.21. The van der Waals surface area contributed by atoms with Gasteiger partial charge in [0.15, 0.2) is 0 Å². The van der Waals surface area contributed by atoms with Crippen molar-refractivity contribution in [3.8, 4) is 0 Å². The first-order valence-corrected chi connectivity index (χ1v) is 4.23. The van der Waals surface area contributed by atoms with E-state index in [1.165, 1.54) is 6.07 Å². The summed E-state index contributed by atoms with van der Waals surface area (Å²) in [5, 5.41) is -0.0757. The summed E-state index contributed by atoms with van der Waals surface area (Å²) in [6.07, 6.45) is -1.64. The first-order chi connectivity index (χ1) is 6.57. The van der Waals surface area contributed by atoms with E-state index in [1.807, 2.05) is 0 Å². The predicted octanol–water partition coefficient (Wildman–Crippen LogP) is 2.18. The second kappa shape index (κ2) is 4.61. The van der Waals surface area contributed by atoms with Gasteiger partial charge in [-0.15, -0.1) is 0 Å². The van der Waals surface area contributed by atoms with Gasteiger partial charge in [0.05, 0.1) is 10.9 Å². The molecule has 2 nitrogen and oxygen atoms in total. The minimum absolute atomic E-state index is 0.0757. The van der Waals surface area contributed by atoms with Crippen molar-refractivity contribution >= 4 is 11.6 Å². The Labute approximate surface area is 83.9 Å². The van der Waals surface area contributed by atoms with Crippen LogP contribution in [0.15, 0.2) is 12.3 Å². The molecule has 0 saturated carbocycles. The normalized spacial score (nSPS) is 13.3. The number of aromatic nitrogens is 1. The van der Waals surface area contributed by atoms with Gasteiger partial charge in [-0.2, -0.15) is 4.39 Å². The highest BCUT2D eigenvalue weighted by atomic mass is 35.5. The van der Waals surface area contributed by atoms with Gasteiger partial charge in [-0.1, -0.05) is 11.6 Å². The number of hydrogen-bond donors (Lipinski definition) is 1. The summed E-state index contributed by atoms with van der Waals surface area (Å²) in [6, 6.07) is 1.25. The molecule has 1 unspecified atom stereocenters. The molecule has 1 atom stereocenters. The summed E-state index contributed by atoms with van der Waals surface area (Å²) in [6.45, 7) is -0.375. The zero-order chi connectivity index (χ0) is 10.7. The lowest BCUT2D eigenvalue weighted by atomic mass is 10.0. The molecule has 1 aromatic heterocycles. The van der Waals surface area contributed by atoms with Crippen LogP contribution in [0.2, 0.25) is 5.02 Å². The maximum absolute atomic E-state index is 13.1. The van der Waals surface area contributed by atoms with E-state index in [4.69, 9.17) is 17.3 Å². The Hall–Kier alpha value is -0.810. The molecule has 0 aliphatic carbocycles. The van der Waals surface area contributed by atoms with Crippen LogP contribution in [0.1, 0.15) is 11.5 Å². The van der Waals surface area contributed by atoms with Crippen molar-refractivity contribution in [2.24, 2.45) is 5.73 Å². The Kier molecular flexibility index (Phi) is 3.71. The molecule has 0 saturated heterocycles. The van der Waals surface area contributed by atoms with Crippen molar-refractivity contribution in [1.82, 2.24) is 4.98 Å². The highest BCUT2D eigenvalue weighted by Crippen LogP contribution is 2.29. The molecular weight excluding hydrogens is 217 g/mol. The van der Waals surface area contributed by atoms with Crippen LogP contribution in [-0.4, -0.2) is 18.0 Å². The quantitative estimate of drug-likeness (QED) is 0.800. The van der Waals surface area contributed by atoms with E-state index >= 15 is 0 Å². The molecule has 6 heteroatoms. The number of nitrogens with two attached hydrogens (primary N) is 1. The molecule has 78 valence electrons. The fraction of sp³-hybridized carbons (Fsp3) is 0.375. The standard InChI is InChI=1S/C8H8ClF3N2/c9-5-1-2-14-8(12)6(5)4(3-13)7(10)11/h1-2,4,7H,3,13H2. The molecule has 0 aliphatic heterocycles. The predicted molar refractivity (Wildman–Crippen MR) is 47.0 cm³/mol. The third-order valence-corrected chi connectivity index (χ3v) is 2.15. The van der Waals surface area contributed by atoms with Gasteiger partial charge < -0.3 is 5.73 Å². The molecule has 1 rings (SSSR count). The van der Waals surface area contributed by atoms with Crippen molar-refractivity contribution in [1.29, 1.82) is 0 Å². The van der Waals surface area contributed by atoms with E-state index < -0.39 is 18.3 Å². The second-order valence-corrected chi connectivity index (χ2v) is 3.08. The van der Waals surface area contributed by atoms with E-state index in [0.29, 0.717) is 0 Å². The number of nitrogens with zero attached hydrogens (tertiary/aromatic N) is 1. The van der Waals surface area contributed by atoms with Crippen LogP contribution in [0.25, 0.3) is 0 Å². The van der Waals surface area contributed by atoms with Gasteiger partial charge in [0.1, 0.15) is 0 Å². The molecule has 0 spiro atoms. The summed E-state index contributed by atoms with van der Waals surface area (Å²) >= 11 is 5.58. The topological polar surface area (TPSA) is 38.9 Å². The molecule has 1 heterocycles. The van der Waals surface area contributed by atoms with Gasteiger partial charge in [0.2, 0.25) is 12.4 Å². The highest BCUT2D eigenvalue weighted by Gasteiger charge is 2.26. The Morgan fingerprint density at radius 2 is 2.14 bits per heavy atom. The van der Waals surface area contributed by atoms with E-state index in [9.17, 15) is 13.2 Å². The van der Waals surface area contributed by atoms with Crippen LogP contribution >= 0.6 is 11.6 Å². The first kappa shape index (κ1) is 11.3. The average Bonchev–Trinajstić information content (AvgIpc) is 2.10. The largest absolute Gasteiger partial charge is 0.330 e. The molecule has 0 amide bonds. The van der Waals surface area contributed by atoms with Crippen molar-refractivity contribution in [3.05, 3.63) is 28.8 Å². The zero-order valence-corrected chi connectivity index (χ0v) is 7.81. The van der Waals surface area contributed by atoms with Crippen LogP contribution in [0.3, 0.4) is 0 Å². The van der Waals surface area contributed by atoms with Crippen molar-refractivity contribution in [2.45, 2.75) is 12.3 Å². The zero-order valence-electron chi connectivity index (χ0n) is 7.05.